The van der Waals surface area contributed by atoms with Crippen LogP contribution in [0.4, 0.5) is 5.69 Å². The van der Waals surface area contributed by atoms with Gasteiger partial charge in [-0.25, -0.2) is 4.99 Å². The summed E-state index contributed by atoms with van der Waals surface area (Å²) in [6.07, 6.45) is 6.59. The maximum atomic E-state index is 12.5. The van der Waals surface area contributed by atoms with Gasteiger partial charge in [-0.15, -0.1) is 0 Å². The van der Waals surface area contributed by atoms with Crippen molar-refractivity contribution in [1.82, 2.24) is 4.90 Å². The van der Waals surface area contributed by atoms with E-state index in [1.807, 2.05) is 42.5 Å². The molecule has 0 aliphatic carbocycles. The number of nitrogens with zero attached hydrogens (tertiary/aromatic N) is 4. The third-order valence-electron chi connectivity index (χ3n) is 4.76. The minimum absolute atomic E-state index is 0.128. The van der Waals surface area contributed by atoms with E-state index in [-0.39, 0.29) is 5.91 Å². The summed E-state index contributed by atoms with van der Waals surface area (Å²) in [5, 5.41) is 8.87. The average molecular weight is 384 g/mol. The third kappa shape index (κ3) is 4.80. The van der Waals surface area contributed by atoms with E-state index >= 15 is 0 Å². The number of carbonyl (C=O) groups is 1. The van der Waals surface area contributed by atoms with Crippen LogP contribution in [-0.2, 0) is 4.79 Å². The van der Waals surface area contributed by atoms with Crippen LogP contribution in [0.2, 0.25) is 0 Å². The van der Waals surface area contributed by atoms with Crippen LogP contribution in [0.3, 0.4) is 0 Å². The Morgan fingerprint density at radius 1 is 1.07 bits per heavy atom. The van der Waals surface area contributed by atoms with E-state index in [2.05, 4.69) is 42.1 Å². The van der Waals surface area contributed by atoms with Crippen molar-refractivity contribution in [2.24, 2.45) is 4.99 Å². The maximum absolute atomic E-state index is 12.5. The highest BCUT2D eigenvalue weighted by atomic mass is 16.2. The van der Waals surface area contributed by atoms with Gasteiger partial charge >= 0.3 is 0 Å². The number of benzene rings is 2. The quantitative estimate of drug-likeness (QED) is 0.697. The summed E-state index contributed by atoms with van der Waals surface area (Å²) in [5.41, 5.74) is 4.07. The van der Waals surface area contributed by atoms with E-state index in [9.17, 15) is 4.79 Å². The van der Waals surface area contributed by atoms with Crippen LogP contribution >= 0.6 is 0 Å². The second-order valence-electron chi connectivity index (χ2n) is 6.94. The fraction of sp³-hybridized carbons (Fsp3) is 0.208. The van der Waals surface area contributed by atoms with Gasteiger partial charge in [0.15, 0.2) is 0 Å². The first-order valence-corrected chi connectivity index (χ1v) is 9.59. The van der Waals surface area contributed by atoms with Gasteiger partial charge in [-0.2, -0.15) is 5.26 Å². The number of rotatable bonds is 6. The predicted octanol–water partition coefficient (Wildman–Crippen LogP) is 4.33. The Hall–Kier alpha value is -3.65. The first-order chi connectivity index (χ1) is 14.0. The summed E-state index contributed by atoms with van der Waals surface area (Å²) < 4.78 is 0. The number of hydrogen-bond donors (Lipinski definition) is 0. The molecule has 0 radical (unpaired) electrons. The SMILES string of the molecule is CCCN(C)c1ccc(/C=C2N=C(/C=C/c3ccc(C#N)cc3)N(C)C\2=O)cc1. The monoisotopic (exact) mass is 384 g/mol. The summed E-state index contributed by atoms with van der Waals surface area (Å²) in [6, 6.07) is 17.5. The van der Waals surface area contributed by atoms with Crippen molar-refractivity contribution in [3.63, 3.8) is 0 Å². The number of likely N-dealkylation sites (N-methyl/N-ethyl adjacent to an activating group) is 1. The van der Waals surface area contributed by atoms with Crippen LogP contribution in [0.15, 0.2) is 65.3 Å². The van der Waals surface area contributed by atoms with Crippen LogP contribution < -0.4 is 4.90 Å². The Bertz CT molecular complexity index is 1010. The van der Waals surface area contributed by atoms with E-state index in [4.69, 9.17) is 5.26 Å². The number of hydrogen-bond acceptors (Lipinski definition) is 4. The molecule has 3 rings (SSSR count). The average Bonchev–Trinajstić information content (AvgIpc) is 3.01. The summed E-state index contributed by atoms with van der Waals surface area (Å²) in [4.78, 5) is 20.8. The van der Waals surface area contributed by atoms with E-state index < -0.39 is 0 Å². The standard InChI is InChI=1S/C24H24N4O/c1-4-15-27(2)21-12-9-19(10-13-21)16-22-24(29)28(3)23(26-22)14-11-18-5-7-20(17-25)8-6-18/h5-14,16H,4,15H2,1-3H3/b14-11+,22-16-. The van der Waals surface area contributed by atoms with Gasteiger partial charge in [-0.1, -0.05) is 37.3 Å². The maximum Gasteiger partial charge on any atom is 0.277 e. The van der Waals surface area contributed by atoms with Crippen molar-refractivity contribution < 1.29 is 4.79 Å². The highest BCUT2D eigenvalue weighted by Crippen LogP contribution is 2.20. The largest absolute Gasteiger partial charge is 0.375 e. The lowest BCUT2D eigenvalue weighted by molar-refractivity contribution is -0.121. The zero-order valence-electron chi connectivity index (χ0n) is 17.0. The molecule has 2 aromatic carbocycles. The first-order valence-electron chi connectivity index (χ1n) is 9.59. The van der Waals surface area contributed by atoms with Crippen molar-refractivity contribution >= 4 is 29.6 Å². The molecule has 0 saturated heterocycles. The van der Waals surface area contributed by atoms with Crippen molar-refractivity contribution in [3.8, 4) is 6.07 Å². The molecule has 0 bridgehead atoms. The summed E-state index contributed by atoms with van der Waals surface area (Å²) in [7, 11) is 3.79. The topological polar surface area (TPSA) is 59.7 Å². The van der Waals surface area contributed by atoms with Crippen molar-refractivity contribution in [2.75, 3.05) is 25.5 Å². The zero-order valence-corrected chi connectivity index (χ0v) is 17.0. The Morgan fingerprint density at radius 3 is 2.34 bits per heavy atom. The molecule has 2 aromatic rings. The number of carbonyl (C=O) groups excluding carboxylic acids is 1. The van der Waals surface area contributed by atoms with E-state index in [1.165, 1.54) is 4.90 Å². The minimum Gasteiger partial charge on any atom is -0.375 e. The zero-order chi connectivity index (χ0) is 20.8. The fourth-order valence-electron chi connectivity index (χ4n) is 3.05. The fourth-order valence-corrected chi connectivity index (χ4v) is 3.05. The van der Waals surface area contributed by atoms with Crippen LogP contribution in [0.25, 0.3) is 12.2 Å². The predicted molar refractivity (Wildman–Crippen MR) is 118 cm³/mol. The summed E-state index contributed by atoms with van der Waals surface area (Å²) >= 11 is 0. The molecule has 0 saturated carbocycles. The Morgan fingerprint density at radius 2 is 1.72 bits per heavy atom. The van der Waals surface area contributed by atoms with E-state index in [0.29, 0.717) is 17.1 Å². The van der Waals surface area contributed by atoms with E-state index in [1.54, 1.807) is 19.2 Å². The molecule has 0 spiro atoms. The Labute approximate surface area is 171 Å². The third-order valence-corrected chi connectivity index (χ3v) is 4.76. The lowest BCUT2D eigenvalue weighted by Gasteiger charge is -2.18. The molecule has 1 heterocycles. The van der Waals surface area contributed by atoms with Crippen LogP contribution in [0.5, 0.6) is 0 Å². The molecule has 1 aliphatic heterocycles. The van der Waals surface area contributed by atoms with E-state index in [0.717, 1.165) is 29.8 Å². The lowest BCUT2D eigenvalue weighted by atomic mass is 10.1. The molecule has 0 fully saturated rings. The van der Waals surface area contributed by atoms with Crippen LogP contribution in [-0.4, -0.2) is 37.3 Å². The van der Waals surface area contributed by atoms with Crippen LogP contribution in [0, 0.1) is 11.3 Å². The molecule has 0 N–H and O–H groups in total. The molecule has 5 nitrogen and oxygen atoms in total. The molecular formula is C24H24N4O. The summed E-state index contributed by atoms with van der Waals surface area (Å²) in [6.45, 7) is 3.16. The molecule has 0 unspecified atom stereocenters. The van der Waals surface area contributed by atoms with Gasteiger partial charge in [-0.05, 0) is 54.0 Å². The molecule has 146 valence electrons. The van der Waals surface area contributed by atoms with Gasteiger partial charge in [0, 0.05) is 26.3 Å². The highest BCUT2D eigenvalue weighted by molar-refractivity contribution is 6.18. The van der Waals surface area contributed by atoms with Gasteiger partial charge in [0.1, 0.15) is 11.5 Å². The highest BCUT2D eigenvalue weighted by Gasteiger charge is 2.25. The summed E-state index contributed by atoms with van der Waals surface area (Å²) in [5.74, 6) is 0.460. The normalized spacial score (nSPS) is 15.1. The second kappa shape index (κ2) is 9.03. The van der Waals surface area contributed by atoms with Gasteiger partial charge in [0.05, 0.1) is 11.6 Å². The molecule has 29 heavy (non-hydrogen) atoms. The molecule has 1 aliphatic rings. The second-order valence-corrected chi connectivity index (χ2v) is 6.94. The minimum atomic E-state index is -0.128. The molecule has 0 aromatic heterocycles. The van der Waals surface area contributed by atoms with Gasteiger partial charge in [0.2, 0.25) is 0 Å². The van der Waals surface area contributed by atoms with Gasteiger partial charge < -0.3 is 4.90 Å². The van der Waals surface area contributed by atoms with Gasteiger partial charge in [0.25, 0.3) is 5.91 Å². The Balaban J connectivity index is 1.77. The van der Waals surface area contributed by atoms with Crippen molar-refractivity contribution in [2.45, 2.75) is 13.3 Å². The number of anilines is 1. The molecule has 0 atom stereocenters. The molecule has 1 amide bonds. The lowest BCUT2D eigenvalue weighted by Crippen LogP contribution is -2.26. The van der Waals surface area contributed by atoms with Crippen molar-refractivity contribution in [1.29, 1.82) is 5.26 Å². The van der Waals surface area contributed by atoms with Crippen LogP contribution in [0.1, 0.15) is 30.0 Å². The number of amidine groups is 1. The number of aliphatic imine (C=N–C) groups is 1. The Kier molecular flexibility index (Phi) is 6.25. The number of nitriles is 1. The van der Waals surface area contributed by atoms with Gasteiger partial charge in [-0.3, -0.25) is 9.69 Å². The molecular weight excluding hydrogens is 360 g/mol. The van der Waals surface area contributed by atoms with Crippen molar-refractivity contribution in [3.05, 3.63) is 77.0 Å². The smallest absolute Gasteiger partial charge is 0.277 e. The molecule has 5 heteroatoms. The number of amides is 1. The first kappa shape index (κ1) is 20.1.